The zero-order valence-electron chi connectivity index (χ0n) is 10.7. The molecule has 0 spiro atoms. The number of aromatic nitrogens is 1. The molecule has 20 heavy (non-hydrogen) atoms. The van der Waals surface area contributed by atoms with E-state index in [1.165, 1.54) is 0 Å². The van der Waals surface area contributed by atoms with Crippen molar-refractivity contribution < 1.29 is 9.59 Å². The van der Waals surface area contributed by atoms with Gasteiger partial charge in [0.05, 0.1) is 6.42 Å². The van der Waals surface area contributed by atoms with Gasteiger partial charge in [0.2, 0.25) is 5.91 Å². The van der Waals surface area contributed by atoms with Crippen molar-refractivity contribution in [2.45, 2.75) is 13.0 Å². The van der Waals surface area contributed by atoms with E-state index >= 15 is 0 Å². The molecule has 1 aliphatic heterocycles. The Morgan fingerprint density at radius 3 is 3.00 bits per heavy atom. The molecule has 2 heterocycles. The lowest BCUT2D eigenvalue weighted by molar-refractivity contribution is -0.115. The van der Waals surface area contributed by atoms with Crippen molar-refractivity contribution in [1.82, 2.24) is 10.3 Å². The zero-order chi connectivity index (χ0) is 13.9. The highest BCUT2D eigenvalue weighted by Crippen LogP contribution is 2.20. The van der Waals surface area contributed by atoms with Gasteiger partial charge in [0, 0.05) is 29.7 Å². The highest BCUT2D eigenvalue weighted by atomic mass is 16.2. The second kappa shape index (κ2) is 5.13. The number of rotatable bonds is 3. The fourth-order valence-corrected chi connectivity index (χ4v) is 2.16. The monoisotopic (exact) mass is 267 g/mol. The van der Waals surface area contributed by atoms with E-state index in [-0.39, 0.29) is 18.2 Å². The molecule has 1 aromatic heterocycles. The highest BCUT2D eigenvalue weighted by Gasteiger charge is 2.19. The first kappa shape index (κ1) is 12.3. The number of anilines is 1. The second-order valence-corrected chi connectivity index (χ2v) is 4.60. The third kappa shape index (κ3) is 2.51. The summed E-state index contributed by atoms with van der Waals surface area (Å²) in [4.78, 5) is 27.6. The molecule has 0 radical (unpaired) electrons. The van der Waals surface area contributed by atoms with Gasteiger partial charge >= 0.3 is 0 Å². The predicted molar refractivity (Wildman–Crippen MR) is 74.2 cm³/mol. The lowest BCUT2D eigenvalue weighted by atomic mass is 10.1. The van der Waals surface area contributed by atoms with Gasteiger partial charge in [-0.3, -0.25) is 14.6 Å². The largest absolute Gasteiger partial charge is 0.348 e. The zero-order valence-corrected chi connectivity index (χ0v) is 10.7. The van der Waals surface area contributed by atoms with Crippen molar-refractivity contribution in [3.8, 4) is 0 Å². The first-order chi connectivity index (χ1) is 9.72. The summed E-state index contributed by atoms with van der Waals surface area (Å²) in [7, 11) is 0. The van der Waals surface area contributed by atoms with Crippen molar-refractivity contribution in [1.29, 1.82) is 0 Å². The number of fused-ring (bicyclic) bond motifs is 1. The van der Waals surface area contributed by atoms with Crippen LogP contribution < -0.4 is 10.6 Å². The van der Waals surface area contributed by atoms with Crippen molar-refractivity contribution in [3.05, 3.63) is 59.4 Å². The Morgan fingerprint density at radius 2 is 2.20 bits per heavy atom. The molecule has 5 heteroatoms. The van der Waals surface area contributed by atoms with E-state index in [4.69, 9.17) is 0 Å². The number of hydrogen-bond donors (Lipinski definition) is 2. The maximum Gasteiger partial charge on any atom is 0.251 e. The Balaban J connectivity index is 1.71. The van der Waals surface area contributed by atoms with Crippen LogP contribution in [0.15, 0.2) is 42.6 Å². The van der Waals surface area contributed by atoms with Crippen LogP contribution in [0.1, 0.15) is 21.6 Å². The normalized spacial score (nSPS) is 12.7. The van der Waals surface area contributed by atoms with E-state index < -0.39 is 0 Å². The number of hydrogen-bond acceptors (Lipinski definition) is 3. The molecular weight excluding hydrogens is 254 g/mol. The van der Waals surface area contributed by atoms with E-state index in [0.29, 0.717) is 23.5 Å². The third-order valence-electron chi connectivity index (χ3n) is 3.15. The summed E-state index contributed by atoms with van der Waals surface area (Å²) in [6.07, 6.45) is 1.87. The Hall–Kier alpha value is -2.69. The molecule has 5 nitrogen and oxygen atoms in total. The lowest BCUT2D eigenvalue weighted by Crippen LogP contribution is -2.16. The average Bonchev–Trinajstić information content (AvgIpc) is 2.81. The van der Waals surface area contributed by atoms with Crippen LogP contribution >= 0.6 is 0 Å². The fourth-order valence-electron chi connectivity index (χ4n) is 2.16. The summed E-state index contributed by atoms with van der Waals surface area (Å²) in [5, 5.41) is 5.53. The molecule has 0 saturated heterocycles. The summed E-state index contributed by atoms with van der Waals surface area (Å²) in [5.74, 6) is -0.247. The highest BCUT2D eigenvalue weighted by molar-refractivity contribution is 6.00. The van der Waals surface area contributed by atoms with Gasteiger partial charge in [-0.2, -0.15) is 0 Å². The van der Waals surface area contributed by atoms with E-state index in [0.717, 1.165) is 5.56 Å². The first-order valence-corrected chi connectivity index (χ1v) is 6.33. The van der Waals surface area contributed by atoms with Crippen LogP contribution in [-0.2, 0) is 17.8 Å². The molecule has 1 aliphatic rings. The van der Waals surface area contributed by atoms with Gasteiger partial charge < -0.3 is 10.6 Å². The van der Waals surface area contributed by atoms with Gasteiger partial charge in [-0.15, -0.1) is 0 Å². The molecule has 0 unspecified atom stereocenters. The lowest BCUT2D eigenvalue weighted by Gasteiger charge is -2.06. The number of benzene rings is 1. The van der Waals surface area contributed by atoms with Crippen LogP contribution in [0.4, 0.5) is 5.69 Å². The van der Waals surface area contributed by atoms with Crippen LogP contribution in [0.2, 0.25) is 0 Å². The van der Waals surface area contributed by atoms with Gasteiger partial charge in [0.15, 0.2) is 0 Å². The molecule has 100 valence electrons. The van der Waals surface area contributed by atoms with Crippen LogP contribution in [0.5, 0.6) is 0 Å². The number of carbonyl (C=O) groups is 2. The number of carbonyl (C=O) groups excluding carboxylic acids is 2. The van der Waals surface area contributed by atoms with E-state index in [9.17, 15) is 9.59 Å². The van der Waals surface area contributed by atoms with Crippen LogP contribution in [0.25, 0.3) is 0 Å². The van der Waals surface area contributed by atoms with Crippen molar-refractivity contribution >= 4 is 17.5 Å². The Morgan fingerprint density at radius 1 is 1.30 bits per heavy atom. The fraction of sp³-hybridized carbons (Fsp3) is 0.133. The van der Waals surface area contributed by atoms with Gasteiger partial charge in [0.25, 0.3) is 5.91 Å². The second-order valence-electron chi connectivity index (χ2n) is 4.60. The Kier molecular flexibility index (Phi) is 3.16. The summed E-state index contributed by atoms with van der Waals surface area (Å²) >= 11 is 0. The molecule has 0 fully saturated rings. The quantitative estimate of drug-likeness (QED) is 0.885. The molecule has 1 aromatic carbocycles. The van der Waals surface area contributed by atoms with Crippen LogP contribution in [0, 0.1) is 0 Å². The van der Waals surface area contributed by atoms with E-state index in [1.54, 1.807) is 30.5 Å². The standard InChI is InChI=1S/C15H13N3O2/c19-14(8-11-3-1-2-6-16-11)18-12-5-4-10-9-17-15(20)13(10)7-12/h1-7H,8-9H2,(H,17,20)(H,18,19). The number of nitrogens with zero attached hydrogens (tertiary/aromatic N) is 1. The molecule has 2 N–H and O–H groups in total. The SMILES string of the molecule is O=C(Cc1ccccn1)Nc1ccc2c(c1)C(=O)NC2. The maximum absolute atomic E-state index is 11.9. The summed E-state index contributed by atoms with van der Waals surface area (Å²) in [6, 6.07) is 10.8. The van der Waals surface area contributed by atoms with Crippen LogP contribution in [0.3, 0.4) is 0 Å². The topological polar surface area (TPSA) is 71.1 Å². The smallest absolute Gasteiger partial charge is 0.251 e. The number of amides is 2. The number of pyridine rings is 1. The van der Waals surface area contributed by atoms with E-state index in [1.807, 2.05) is 12.1 Å². The van der Waals surface area contributed by atoms with Crippen molar-refractivity contribution in [2.75, 3.05) is 5.32 Å². The number of nitrogens with one attached hydrogen (secondary N) is 2. The summed E-state index contributed by atoms with van der Waals surface area (Å²) < 4.78 is 0. The summed E-state index contributed by atoms with van der Waals surface area (Å²) in [5.41, 5.74) is 2.92. The molecule has 0 bridgehead atoms. The van der Waals surface area contributed by atoms with E-state index in [2.05, 4.69) is 15.6 Å². The molecule has 3 rings (SSSR count). The van der Waals surface area contributed by atoms with Gasteiger partial charge in [-0.1, -0.05) is 12.1 Å². The van der Waals surface area contributed by atoms with Gasteiger partial charge in [0.1, 0.15) is 0 Å². The van der Waals surface area contributed by atoms with Gasteiger partial charge in [-0.25, -0.2) is 0 Å². The average molecular weight is 267 g/mol. The summed E-state index contributed by atoms with van der Waals surface area (Å²) in [6.45, 7) is 0.552. The Labute approximate surface area is 116 Å². The van der Waals surface area contributed by atoms with Crippen molar-refractivity contribution in [3.63, 3.8) is 0 Å². The van der Waals surface area contributed by atoms with Gasteiger partial charge in [-0.05, 0) is 29.8 Å². The third-order valence-corrected chi connectivity index (χ3v) is 3.15. The van der Waals surface area contributed by atoms with Crippen LogP contribution in [-0.4, -0.2) is 16.8 Å². The first-order valence-electron chi connectivity index (χ1n) is 6.33. The molecule has 0 atom stereocenters. The molecule has 0 aliphatic carbocycles. The minimum atomic E-state index is -0.151. The minimum Gasteiger partial charge on any atom is -0.348 e. The predicted octanol–water partition coefficient (Wildman–Crippen LogP) is 1.51. The minimum absolute atomic E-state index is 0.0965. The molecule has 0 saturated carbocycles. The molecular formula is C15H13N3O2. The molecule has 2 amide bonds. The Bertz CT molecular complexity index is 668. The van der Waals surface area contributed by atoms with Crippen molar-refractivity contribution in [2.24, 2.45) is 0 Å². The maximum atomic E-state index is 11.9. The molecule has 2 aromatic rings.